The van der Waals surface area contributed by atoms with E-state index in [4.69, 9.17) is 0 Å². The van der Waals surface area contributed by atoms with Crippen molar-refractivity contribution in [3.63, 3.8) is 0 Å². The van der Waals surface area contributed by atoms with Crippen LogP contribution in [0.4, 0.5) is 0 Å². The van der Waals surface area contributed by atoms with Gasteiger partial charge in [0.25, 0.3) is 0 Å². The summed E-state index contributed by atoms with van der Waals surface area (Å²) in [4.78, 5) is 2.38. The smallest absolute Gasteiger partial charge is 0.0805 e. The van der Waals surface area contributed by atoms with Crippen LogP contribution < -0.4 is 0 Å². The summed E-state index contributed by atoms with van der Waals surface area (Å²) in [5.41, 5.74) is 1.98. The van der Waals surface area contributed by atoms with E-state index >= 15 is 0 Å². The van der Waals surface area contributed by atoms with Gasteiger partial charge in [0.2, 0.25) is 0 Å². The first kappa shape index (κ1) is 18.1. The lowest BCUT2D eigenvalue weighted by Crippen LogP contribution is -2.45. The fourth-order valence-corrected chi connectivity index (χ4v) is 4.00. The molecule has 2 aromatic carbocycles. The Labute approximate surface area is 150 Å². The molecule has 0 saturated carbocycles. The van der Waals surface area contributed by atoms with Gasteiger partial charge in [-0.2, -0.15) is 0 Å². The molecule has 3 heteroatoms. The largest absolute Gasteiger partial charge is 0.388 e. The van der Waals surface area contributed by atoms with Crippen molar-refractivity contribution in [2.45, 2.75) is 56.4 Å². The average molecular weight is 339 g/mol. The number of nitrogens with zero attached hydrogens (tertiary/aromatic N) is 1. The second kappa shape index (κ2) is 8.61. The highest BCUT2D eigenvalue weighted by molar-refractivity contribution is 5.18. The molecule has 0 radical (unpaired) electrons. The second-order valence-corrected chi connectivity index (χ2v) is 7.23. The van der Waals surface area contributed by atoms with E-state index in [1.165, 1.54) is 0 Å². The van der Waals surface area contributed by atoms with E-state index in [0.717, 1.165) is 43.2 Å². The monoisotopic (exact) mass is 339 g/mol. The highest BCUT2D eigenvalue weighted by Gasteiger charge is 2.30. The first-order valence-corrected chi connectivity index (χ1v) is 9.33. The summed E-state index contributed by atoms with van der Waals surface area (Å²) in [6.07, 6.45) is 4.02. The van der Waals surface area contributed by atoms with E-state index < -0.39 is 12.2 Å². The predicted octanol–water partition coefficient (Wildman–Crippen LogP) is 4.09. The van der Waals surface area contributed by atoms with Crippen molar-refractivity contribution >= 4 is 0 Å². The summed E-state index contributed by atoms with van der Waals surface area (Å²) in [6.45, 7) is 0. The van der Waals surface area contributed by atoms with Gasteiger partial charge in [0.15, 0.2) is 0 Å². The lowest BCUT2D eigenvalue weighted by atomic mass is 9.88. The molecule has 134 valence electrons. The van der Waals surface area contributed by atoms with Gasteiger partial charge in [0.05, 0.1) is 12.2 Å². The van der Waals surface area contributed by atoms with E-state index in [9.17, 15) is 10.2 Å². The number of piperidine rings is 1. The lowest BCUT2D eigenvalue weighted by Gasteiger charge is -2.41. The van der Waals surface area contributed by atoms with Crippen molar-refractivity contribution in [1.82, 2.24) is 4.90 Å². The molecule has 1 heterocycles. The molecule has 4 atom stereocenters. The van der Waals surface area contributed by atoms with Crippen LogP contribution in [0.1, 0.15) is 55.4 Å². The third-order valence-electron chi connectivity index (χ3n) is 5.59. The number of aliphatic hydroxyl groups is 2. The zero-order chi connectivity index (χ0) is 17.6. The van der Waals surface area contributed by atoms with Crippen LogP contribution in [0.3, 0.4) is 0 Å². The van der Waals surface area contributed by atoms with Crippen molar-refractivity contribution in [2.75, 3.05) is 7.05 Å². The van der Waals surface area contributed by atoms with Crippen LogP contribution in [-0.4, -0.2) is 34.2 Å². The summed E-state index contributed by atoms with van der Waals surface area (Å²) >= 11 is 0. The Morgan fingerprint density at radius 3 is 1.60 bits per heavy atom. The molecule has 0 unspecified atom stereocenters. The average Bonchev–Trinajstić information content (AvgIpc) is 2.66. The lowest BCUT2D eigenvalue weighted by molar-refractivity contribution is 0.0350. The zero-order valence-corrected chi connectivity index (χ0v) is 15.0. The highest BCUT2D eigenvalue weighted by atomic mass is 16.3. The Bertz CT molecular complexity index is 575. The Morgan fingerprint density at radius 2 is 1.20 bits per heavy atom. The predicted molar refractivity (Wildman–Crippen MR) is 101 cm³/mol. The number of benzene rings is 2. The maximum atomic E-state index is 10.6. The molecule has 1 aliphatic rings. The molecule has 0 aromatic heterocycles. The minimum absolute atomic E-state index is 0.358. The molecule has 0 amide bonds. The molecule has 2 N–H and O–H groups in total. The topological polar surface area (TPSA) is 43.7 Å². The Morgan fingerprint density at radius 1 is 0.800 bits per heavy atom. The van der Waals surface area contributed by atoms with Gasteiger partial charge in [0, 0.05) is 12.1 Å². The molecule has 1 saturated heterocycles. The zero-order valence-electron chi connectivity index (χ0n) is 15.0. The number of hydrogen-bond acceptors (Lipinski definition) is 3. The third kappa shape index (κ3) is 4.69. The van der Waals surface area contributed by atoms with E-state index in [2.05, 4.69) is 11.9 Å². The van der Waals surface area contributed by atoms with Gasteiger partial charge in [-0.1, -0.05) is 67.1 Å². The third-order valence-corrected chi connectivity index (χ3v) is 5.59. The molecule has 0 aliphatic carbocycles. The number of hydrogen-bond donors (Lipinski definition) is 2. The fourth-order valence-electron chi connectivity index (χ4n) is 4.00. The SMILES string of the molecule is CN1[C@@H](C[C@H](O)c2ccccc2)CCC[C@H]1C[C@H](O)c1ccccc1. The molecule has 25 heavy (non-hydrogen) atoms. The minimum Gasteiger partial charge on any atom is -0.388 e. The molecule has 3 rings (SSSR count). The van der Waals surface area contributed by atoms with Crippen LogP contribution in [0.25, 0.3) is 0 Å². The van der Waals surface area contributed by atoms with Crippen LogP contribution in [0.5, 0.6) is 0 Å². The van der Waals surface area contributed by atoms with Gasteiger partial charge in [0.1, 0.15) is 0 Å². The Kier molecular flexibility index (Phi) is 6.24. The normalized spacial score (nSPS) is 24.0. The molecule has 0 spiro atoms. The standard InChI is InChI=1S/C22H29NO2/c1-23-19(15-21(24)17-9-4-2-5-10-17)13-8-14-20(23)16-22(25)18-11-6-3-7-12-18/h2-7,9-12,19-22,24-25H,8,13-16H2,1H3/t19-,20+,21-,22-/m0/s1. The van der Waals surface area contributed by atoms with Gasteiger partial charge in [-0.05, 0) is 43.9 Å². The molecule has 3 nitrogen and oxygen atoms in total. The van der Waals surface area contributed by atoms with Crippen molar-refractivity contribution < 1.29 is 10.2 Å². The van der Waals surface area contributed by atoms with E-state index in [-0.39, 0.29) is 0 Å². The maximum Gasteiger partial charge on any atom is 0.0805 e. The summed E-state index contributed by atoms with van der Waals surface area (Å²) < 4.78 is 0. The highest BCUT2D eigenvalue weighted by Crippen LogP contribution is 2.32. The van der Waals surface area contributed by atoms with Crippen molar-refractivity contribution in [3.05, 3.63) is 71.8 Å². The summed E-state index contributed by atoms with van der Waals surface area (Å²) in [5.74, 6) is 0. The van der Waals surface area contributed by atoms with Crippen LogP contribution >= 0.6 is 0 Å². The number of likely N-dealkylation sites (tertiary alicyclic amines) is 1. The quantitative estimate of drug-likeness (QED) is 0.833. The van der Waals surface area contributed by atoms with Crippen LogP contribution in [0.15, 0.2) is 60.7 Å². The van der Waals surface area contributed by atoms with Crippen molar-refractivity contribution in [3.8, 4) is 0 Å². The van der Waals surface area contributed by atoms with Crippen molar-refractivity contribution in [1.29, 1.82) is 0 Å². The fraction of sp³-hybridized carbons (Fsp3) is 0.455. The van der Waals surface area contributed by atoms with Gasteiger partial charge in [-0.25, -0.2) is 0 Å². The van der Waals surface area contributed by atoms with Crippen LogP contribution in [0, 0.1) is 0 Å². The van der Waals surface area contributed by atoms with Crippen LogP contribution in [0.2, 0.25) is 0 Å². The first-order valence-electron chi connectivity index (χ1n) is 9.33. The van der Waals surface area contributed by atoms with Crippen molar-refractivity contribution in [2.24, 2.45) is 0 Å². The molecule has 2 aromatic rings. The Balaban J connectivity index is 1.60. The van der Waals surface area contributed by atoms with E-state index in [1.54, 1.807) is 0 Å². The maximum absolute atomic E-state index is 10.6. The van der Waals surface area contributed by atoms with E-state index in [1.807, 2.05) is 60.7 Å². The molecule has 0 bridgehead atoms. The van der Waals surface area contributed by atoms with Gasteiger partial charge in [-0.3, -0.25) is 0 Å². The Hall–Kier alpha value is -1.68. The minimum atomic E-state index is -0.425. The summed E-state index contributed by atoms with van der Waals surface area (Å²) in [5, 5.41) is 21.1. The van der Waals surface area contributed by atoms with Gasteiger partial charge < -0.3 is 15.1 Å². The summed E-state index contributed by atoms with van der Waals surface area (Å²) in [6, 6.07) is 20.5. The first-order chi connectivity index (χ1) is 12.1. The second-order valence-electron chi connectivity index (χ2n) is 7.23. The molecule has 1 fully saturated rings. The molecular formula is C22H29NO2. The van der Waals surface area contributed by atoms with Gasteiger partial charge >= 0.3 is 0 Å². The van der Waals surface area contributed by atoms with Crippen LogP contribution in [-0.2, 0) is 0 Å². The van der Waals surface area contributed by atoms with Gasteiger partial charge in [-0.15, -0.1) is 0 Å². The molecule has 1 aliphatic heterocycles. The van der Waals surface area contributed by atoms with E-state index in [0.29, 0.717) is 12.1 Å². The summed E-state index contributed by atoms with van der Waals surface area (Å²) in [7, 11) is 2.14. The molecular weight excluding hydrogens is 310 g/mol. The number of rotatable bonds is 6. The number of aliphatic hydroxyl groups excluding tert-OH is 2.